The monoisotopic (exact) mass is 221 g/mol. The standard InChI is InChI=1S/C13H23N3/c1-3-11(2)15-13(10-14)7-9-16-8-5-4-6-12(13)16/h11-12,15H,3-9H2,1-2H3. The predicted molar refractivity (Wildman–Crippen MR) is 65.1 cm³/mol. The zero-order valence-corrected chi connectivity index (χ0v) is 10.5. The summed E-state index contributed by atoms with van der Waals surface area (Å²) in [6.45, 7) is 6.65. The van der Waals surface area contributed by atoms with Crippen LogP contribution in [0.25, 0.3) is 0 Å². The maximum atomic E-state index is 9.56. The summed E-state index contributed by atoms with van der Waals surface area (Å²) in [5, 5.41) is 13.1. The van der Waals surface area contributed by atoms with Crippen LogP contribution in [0.3, 0.4) is 0 Å². The minimum absolute atomic E-state index is 0.268. The molecule has 2 fully saturated rings. The number of rotatable bonds is 3. The van der Waals surface area contributed by atoms with E-state index in [1.807, 2.05) is 0 Å². The lowest BCUT2D eigenvalue weighted by molar-refractivity contribution is 0.155. The molecule has 16 heavy (non-hydrogen) atoms. The molecule has 0 aromatic rings. The maximum absolute atomic E-state index is 9.56. The van der Waals surface area contributed by atoms with Crippen molar-refractivity contribution in [1.82, 2.24) is 10.2 Å². The summed E-state index contributed by atoms with van der Waals surface area (Å²) in [7, 11) is 0. The molecule has 2 saturated heterocycles. The second-order valence-corrected chi connectivity index (χ2v) is 5.33. The largest absolute Gasteiger partial charge is 0.297 e. The van der Waals surface area contributed by atoms with Gasteiger partial charge in [-0.15, -0.1) is 0 Å². The van der Waals surface area contributed by atoms with Gasteiger partial charge in [0.2, 0.25) is 0 Å². The Balaban J connectivity index is 2.12. The van der Waals surface area contributed by atoms with E-state index in [4.69, 9.17) is 0 Å². The first-order valence-corrected chi connectivity index (χ1v) is 6.65. The fourth-order valence-electron chi connectivity index (χ4n) is 3.18. The van der Waals surface area contributed by atoms with Gasteiger partial charge in [-0.25, -0.2) is 0 Å². The van der Waals surface area contributed by atoms with Crippen molar-refractivity contribution in [3.8, 4) is 6.07 Å². The Morgan fingerprint density at radius 3 is 3.00 bits per heavy atom. The van der Waals surface area contributed by atoms with E-state index in [2.05, 4.69) is 30.1 Å². The first-order valence-electron chi connectivity index (χ1n) is 6.65. The Kier molecular flexibility index (Phi) is 3.51. The summed E-state index contributed by atoms with van der Waals surface area (Å²) in [5.41, 5.74) is -0.268. The molecule has 90 valence electrons. The molecule has 0 radical (unpaired) electrons. The molecule has 3 heteroatoms. The molecule has 3 nitrogen and oxygen atoms in total. The van der Waals surface area contributed by atoms with E-state index in [1.54, 1.807) is 0 Å². The summed E-state index contributed by atoms with van der Waals surface area (Å²) in [4.78, 5) is 2.52. The summed E-state index contributed by atoms with van der Waals surface area (Å²) < 4.78 is 0. The topological polar surface area (TPSA) is 39.1 Å². The average molecular weight is 221 g/mol. The molecule has 0 amide bonds. The van der Waals surface area contributed by atoms with Crippen molar-refractivity contribution in [2.75, 3.05) is 13.1 Å². The Morgan fingerprint density at radius 1 is 1.50 bits per heavy atom. The van der Waals surface area contributed by atoms with E-state index >= 15 is 0 Å². The van der Waals surface area contributed by atoms with Gasteiger partial charge < -0.3 is 0 Å². The van der Waals surface area contributed by atoms with E-state index in [9.17, 15) is 5.26 Å². The van der Waals surface area contributed by atoms with Gasteiger partial charge in [-0.3, -0.25) is 10.2 Å². The first kappa shape index (κ1) is 11.9. The van der Waals surface area contributed by atoms with Crippen LogP contribution in [0, 0.1) is 11.3 Å². The molecular weight excluding hydrogens is 198 g/mol. The minimum Gasteiger partial charge on any atom is -0.297 e. The van der Waals surface area contributed by atoms with E-state index in [0.29, 0.717) is 12.1 Å². The van der Waals surface area contributed by atoms with Gasteiger partial charge in [-0.1, -0.05) is 13.3 Å². The molecule has 2 rings (SSSR count). The van der Waals surface area contributed by atoms with Crippen LogP contribution in [-0.4, -0.2) is 35.6 Å². The SMILES string of the molecule is CCC(C)NC1(C#N)CCN2CCCCC21. The number of nitrogens with one attached hydrogen (secondary N) is 1. The summed E-state index contributed by atoms with van der Waals surface area (Å²) in [5.74, 6) is 0. The predicted octanol–water partition coefficient (Wildman–Crippen LogP) is 1.90. The van der Waals surface area contributed by atoms with Crippen molar-refractivity contribution in [3.05, 3.63) is 0 Å². The molecule has 3 unspecified atom stereocenters. The van der Waals surface area contributed by atoms with E-state index in [1.165, 1.54) is 25.8 Å². The van der Waals surface area contributed by atoms with Gasteiger partial charge in [0.05, 0.1) is 6.07 Å². The van der Waals surface area contributed by atoms with Gasteiger partial charge in [0.25, 0.3) is 0 Å². The highest BCUT2D eigenvalue weighted by Crippen LogP contribution is 2.35. The van der Waals surface area contributed by atoms with Crippen LogP contribution in [0.5, 0.6) is 0 Å². The Bertz CT molecular complexity index is 283. The number of fused-ring (bicyclic) bond motifs is 1. The van der Waals surface area contributed by atoms with E-state index in [0.717, 1.165) is 19.4 Å². The maximum Gasteiger partial charge on any atom is 0.123 e. The third-order valence-electron chi connectivity index (χ3n) is 4.29. The van der Waals surface area contributed by atoms with Crippen molar-refractivity contribution in [2.45, 2.75) is 63.6 Å². The van der Waals surface area contributed by atoms with Gasteiger partial charge in [0.15, 0.2) is 0 Å². The highest BCUT2D eigenvalue weighted by atomic mass is 15.3. The fourth-order valence-corrected chi connectivity index (χ4v) is 3.18. The van der Waals surface area contributed by atoms with Crippen LogP contribution in [0.2, 0.25) is 0 Å². The van der Waals surface area contributed by atoms with Crippen molar-refractivity contribution >= 4 is 0 Å². The molecule has 0 bridgehead atoms. The lowest BCUT2D eigenvalue weighted by Gasteiger charge is -2.38. The molecule has 2 aliphatic heterocycles. The fraction of sp³-hybridized carbons (Fsp3) is 0.923. The second kappa shape index (κ2) is 4.73. The normalized spacial score (nSPS) is 36.7. The molecule has 2 aliphatic rings. The quantitative estimate of drug-likeness (QED) is 0.791. The Morgan fingerprint density at radius 2 is 2.31 bits per heavy atom. The number of nitriles is 1. The molecule has 0 aromatic heterocycles. The van der Waals surface area contributed by atoms with Crippen LogP contribution in [0.15, 0.2) is 0 Å². The van der Waals surface area contributed by atoms with Crippen LogP contribution < -0.4 is 5.32 Å². The highest BCUT2D eigenvalue weighted by Gasteiger charge is 2.48. The van der Waals surface area contributed by atoms with Crippen LogP contribution >= 0.6 is 0 Å². The van der Waals surface area contributed by atoms with Crippen LogP contribution in [-0.2, 0) is 0 Å². The lowest BCUT2D eigenvalue weighted by atomic mass is 9.86. The van der Waals surface area contributed by atoms with Crippen molar-refractivity contribution in [1.29, 1.82) is 5.26 Å². The zero-order chi connectivity index (χ0) is 11.6. The van der Waals surface area contributed by atoms with Crippen LogP contribution in [0.1, 0.15) is 46.0 Å². The van der Waals surface area contributed by atoms with Gasteiger partial charge in [0, 0.05) is 18.6 Å². The van der Waals surface area contributed by atoms with E-state index < -0.39 is 0 Å². The third kappa shape index (κ3) is 1.97. The molecule has 0 spiro atoms. The smallest absolute Gasteiger partial charge is 0.123 e. The van der Waals surface area contributed by atoms with Crippen molar-refractivity contribution in [3.63, 3.8) is 0 Å². The van der Waals surface area contributed by atoms with Gasteiger partial charge in [-0.05, 0) is 39.2 Å². The lowest BCUT2D eigenvalue weighted by Crippen LogP contribution is -2.57. The summed E-state index contributed by atoms with van der Waals surface area (Å²) >= 11 is 0. The van der Waals surface area contributed by atoms with Gasteiger partial charge in [0.1, 0.15) is 5.54 Å². The summed E-state index contributed by atoms with van der Waals surface area (Å²) in [6, 6.07) is 3.49. The minimum atomic E-state index is -0.268. The van der Waals surface area contributed by atoms with E-state index in [-0.39, 0.29) is 5.54 Å². The number of hydrogen-bond donors (Lipinski definition) is 1. The zero-order valence-electron chi connectivity index (χ0n) is 10.5. The molecule has 0 aromatic carbocycles. The van der Waals surface area contributed by atoms with Crippen molar-refractivity contribution < 1.29 is 0 Å². The number of hydrogen-bond acceptors (Lipinski definition) is 3. The number of nitrogens with zero attached hydrogens (tertiary/aromatic N) is 2. The second-order valence-electron chi connectivity index (χ2n) is 5.33. The average Bonchev–Trinajstić information content (AvgIpc) is 2.69. The highest BCUT2D eigenvalue weighted by molar-refractivity contribution is 5.19. The number of piperidine rings is 1. The van der Waals surface area contributed by atoms with Crippen molar-refractivity contribution in [2.24, 2.45) is 0 Å². The molecule has 1 N–H and O–H groups in total. The first-order chi connectivity index (χ1) is 7.72. The van der Waals surface area contributed by atoms with Gasteiger partial charge in [-0.2, -0.15) is 5.26 Å². The third-order valence-corrected chi connectivity index (χ3v) is 4.29. The van der Waals surface area contributed by atoms with Gasteiger partial charge >= 0.3 is 0 Å². The molecule has 0 aliphatic carbocycles. The van der Waals surface area contributed by atoms with Crippen LogP contribution in [0.4, 0.5) is 0 Å². The molecule has 3 atom stereocenters. The summed E-state index contributed by atoms with van der Waals surface area (Å²) in [6.07, 6.45) is 5.87. The molecule has 0 saturated carbocycles. The Hall–Kier alpha value is -0.590. The Labute approximate surface area is 98.8 Å². The molecule has 2 heterocycles. The molecular formula is C13H23N3.